The van der Waals surface area contributed by atoms with Crippen molar-refractivity contribution in [3.05, 3.63) is 88.4 Å². The van der Waals surface area contributed by atoms with Crippen molar-refractivity contribution in [3.8, 4) is 5.75 Å². The van der Waals surface area contributed by atoms with Crippen LogP contribution in [0.25, 0.3) is 6.08 Å². The van der Waals surface area contributed by atoms with Crippen molar-refractivity contribution in [2.24, 2.45) is 0 Å². The number of hydrogen-bond acceptors (Lipinski definition) is 5. The molecule has 1 unspecified atom stereocenters. The van der Waals surface area contributed by atoms with E-state index in [1.807, 2.05) is 54.2 Å². The molecule has 0 spiro atoms. The first-order chi connectivity index (χ1) is 15.8. The highest BCUT2D eigenvalue weighted by Gasteiger charge is 2.24. The second kappa shape index (κ2) is 11.6. The van der Waals surface area contributed by atoms with Gasteiger partial charge in [0.05, 0.1) is 6.54 Å². The Morgan fingerprint density at radius 3 is 2.88 bits per heavy atom. The maximum Gasteiger partial charge on any atom is 0.244 e. The van der Waals surface area contributed by atoms with Gasteiger partial charge in [-0.1, -0.05) is 30.7 Å². The fraction of sp³-hybridized carbons (Fsp3) is 0.308. The van der Waals surface area contributed by atoms with Gasteiger partial charge in [-0.25, -0.2) is 0 Å². The lowest BCUT2D eigenvalue weighted by Gasteiger charge is -2.36. The van der Waals surface area contributed by atoms with E-state index in [1.54, 1.807) is 17.4 Å². The molecule has 3 aromatic rings. The van der Waals surface area contributed by atoms with Crippen LogP contribution in [0.4, 0.5) is 0 Å². The topological polar surface area (TPSA) is 54.5 Å². The summed E-state index contributed by atoms with van der Waals surface area (Å²) < 4.78 is 5.78. The Kier molecular flexibility index (Phi) is 8.06. The fourth-order valence-electron chi connectivity index (χ4n) is 4.00. The number of thiophene rings is 1. The zero-order chi connectivity index (χ0) is 22.0. The van der Waals surface area contributed by atoms with Gasteiger partial charge in [-0.3, -0.25) is 14.7 Å². The Hall–Kier alpha value is -2.96. The van der Waals surface area contributed by atoms with Gasteiger partial charge in [0.25, 0.3) is 0 Å². The smallest absolute Gasteiger partial charge is 0.244 e. The average molecular weight is 448 g/mol. The van der Waals surface area contributed by atoms with E-state index in [4.69, 9.17) is 4.74 Å². The molecule has 0 saturated carbocycles. The minimum absolute atomic E-state index is 0.109. The largest absolute Gasteiger partial charge is 0.492 e. The Morgan fingerprint density at radius 2 is 2.09 bits per heavy atom. The maximum atomic E-state index is 11.9. The monoisotopic (exact) mass is 447 g/mol. The summed E-state index contributed by atoms with van der Waals surface area (Å²) in [5, 5.41) is 4.83. The first kappa shape index (κ1) is 22.2. The van der Waals surface area contributed by atoms with Crippen LogP contribution in [-0.2, 0) is 11.3 Å². The molecule has 6 heteroatoms. The third-order valence-electron chi connectivity index (χ3n) is 5.60. The summed E-state index contributed by atoms with van der Waals surface area (Å²) in [6.45, 7) is 2.94. The van der Waals surface area contributed by atoms with Crippen LogP contribution in [0.2, 0.25) is 0 Å². The van der Waals surface area contributed by atoms with Crippen LogP contribution in [0, 0.1) is 0 Å². The summed E-state index contributed by atoms with van der Waals surface area (Å²) in [6.07, 6.45) is 10.9. The molecule has 1 aliphatic heterocycles. The standard InChI is InChI=1S/C26H29N3O2S/c30-26(13-12-24-6-4-18-32-24)28-15-17-31-23-10-8-21(9-11-23)20-29-16-2-1-7-25(29)22-5-3-14-27-19-22/h3-6,8-14,18-19,25H,1-2,7,15-17,20H2,(H,28,30)/b13-12+. The predicted molar refractivity (Wildman–Crippen MR) is 130 cm³/mol. The summed E-state index contributed by atoms with van der Waals surface area (Å²) in [5.41, 5.74) is 2.58. The number of ether oxygens (including phenoxy) is 1. The first-order valence-electron chi connectivity index (χ1n) is 11.1. The number of carbonyl (C=O) groups is 1. The van der Waals surface area contributed by atoms with Crippen LogP contribution < -0.4 is 10.1 Å². The average Bonchev–Trinajstić information content (AvgIpc) is 3.36. The second-order valence-corrected chi connectivity index (χ2v) is 8.88. The third-order valence-corrected chi connectivity index (χ3v) is 6.44. The lowest BCUT2D eigenvalue weighted by Crippen LogP contribution is -2.32. The minimum atomic E-state index is -0.109. The van der Waals surface area contributed by atoms with Crippen molar-refractivity contribution >= 4 is 23.3 Å². The number of amides is 1. The molecule has 1 saturated heterocycles. The van der Waals surface area contributed by atoms with E-state index in [1.165, 1.54) is 30.4 Å². The van der Waals surface area contributed by atoms with Crippen molar-refractivity contribution < 1.29 is 9.53 Å². The van der Waals surface area contributed by atoms with Crippen LogP contribution in [0.1, 0.15) is 41.3 Å². The lowest BCUT2D eigenvalue weighted by atomic mass is 9.96. The van der Waals surface area contributed by atoms with Crippen LogP contribution in [-0.4, -0.2) is 35.5 Å². The molecule has 3 heterocycles. The zero-order valence-corrected chi connectivity index (χ0v) is 19.0. The lowest BCUT2D eigenvalue weighted by molar-refractivity contribution is -0.116. The highest BCUT2D eigenvalue weighted by molar-refractivity contribution is 7.10. The number of piperidine rings is 1. The van der Waals surface area contributed by atoms with Crippen molar-refractivity contribution in [1.82, 2.24) is 15.2 Å². The highest BCUT2D eigenvalue weighted by Crippen LogP contribution is 2.31. The molecule has 32 heavy (non-hydrogen) atoms. The van der Waals surface area contributed by atoms with E-state index in [0.717, 1.165) is 23.7 Å². The van der Waals surface area contributed by atoms with Crippen molar-refractivity contribution in [3.63, 3.8) is 0 Å². The molecule has 1 aromatic carbocycles. The SMILES string of the molecule is O=C(/C=C/c1cccs1)NCCOc1ccc(CN2CCCCC2c2cccnc2)cc1. The number of hydrogen-bond donors (Lipinski definition) is 1. The van der Waals surface area contributed by atoms with Crippen LogP contribution in [0.3, 0.4) is 0 Å². The molecule has 1 N–H and O–H groups in total. The molecule has 0 radical (unpaired) electrons. The van der Waals surface area contributed by atoms with E-state index >= 15 is 0 Å². The van der Waals surface area contributed by atoms with Gasteiger partial charge >= 0.3 is 0 Å². The van der Waals surface area contributed by atoms with Gasteiger partial charge in [0.1, 0.15) is 12.4 Å². The van der Waals surface area contributed by atoms with Gasteiger partial charge in [0, 0.05) is 35.9 Å². The van der Waals surface area contributed by atoms with E-state index in [-0.39, 0.29) is 5.91 Å². The molecule has 2 aromatic heterocycles. The molecule has 0 bridgehead atoms. The van der Waals surface area contributed by atoms with Gasteiger partial charge in [0.2, 0.25) is 5.91 Å². The normalized spacial score (nSPS) is 16.8. The summed E-state index contributed by atoms with van der Waals surface area (Å²) in [6, 6.07) is 16.9. The molecule has 5 nitrogen and oxygen atoms in total. The number of carbonyl (C=O) groups excluding carboxylic acids is 1. The second-order valence-electron chi connectivity index (χ2n) is 7.90. The van der Waals surface area contributed by atoms with Gasteiger partial charge in [-0.05, 0) is 66.2 Å². The summed E-state index contributed by atoms with van der Waals surface area (Å²) in [5.74, 6) is 0.710. The van der Waals surface area contributed by atoms with E-state index in [0.29, 0.717) is 19.2 Å². The van der Waals surface area contributed by atoms with Gasteiger partial charge in [-0.15, -0.1) is 11.3 Å². The summed E-state index contributed by atoms with van der Waals surface area (Å²) >= 11 is 1.60. The summed E-state index contributed by atoms with van der Waals surface area (Å²) in [7, 11) is 0. The van der Waals surface area contributed by atoms with Crippen molar-refractivity contribution in [2.75, 3.05) is 19.7 Å². The molecule has 0 aliphatic carbocycles. The molecular formula is C26H29N3O2S. The van der Waals surface area contributed by atoms with Gasteiger partial charge in [-0.2, -0.15) is 0 Å². The van der Waals surface area contributed by atoms with Crippen molar-refractivity contribution in [2.45, 2.75) is 31.8 Å². The number of pyridine rings is 1. The number of nitrogens with one attached hydrogen (secondary N) is 1. The quantitative estimate of drug-likeness (QED) is 0.367. The van der Waals surface area contributed by atoms with Crippen molar-refractivity contribution in [1.29, 1.82) is 0 Å². The molecule has 1 amide bonds. The van der Waals surface area contributed by atoms with Crippen LogP contribution >= 0.6 is 11.3 Å². The third kappa shape index (κ3) is 6.52. The van der Waals surface area contributed by atoms with Gasteiger partial charge < -0.3 is 10.1 Å². The van der Waals surface area contributed by atoms with Crippen LogP contribution in [0.5, 0.6) is 5.75 Å². The molecular weight excluding hydrogens is 418 g/mol. The maximum absolute atomic E-state index is 11.9. The molecule has 166 valence electrons. The molecule has 1 atom stereocenters. The Bertz CT molecular complexity index is 988. The highest BCUT2D eigenvalue weighted by atomic mass is 32.1. The number of benzene rings is 1. The molecule has 1 fully saturated rings. The number of rotatable bonds is 9. The Morgan fingerprint density at radius 1 is 1.19 bits per heavy atom. The summed E-state index contributed by atoms with van der Waals surface area (Å²) in [4.78, 5) is 19.8. The number of nitrogens with zero attached hydrogens (tertiary/aromatic N) is 2. The van der Waals surface area contributed by atoms with Crippen LogP contribution in [0.15, 0.2) is 72.4 Å². The number of likely N-dealkylation sites (tertiary alicyclic amines) is 1. The first-order valence-corrected chi connectivity index (χ1v) is 12.0. The number of aromatic nitrogens is 1. The predicted octanol–water partition coefficient (Wildman–Crippen LogP) is 5.08. The van der Waals surface area contributed by atoms with Gasteiger partial charge in [0.15, 0.2) is 0 Å². The Labute approximate surface area is 193 Å². The molecule has 4 rings (SSSR count). The van der Waals surface area contributed by atoms with E-state index < -0.39 is 0 Å². The zero-order valence-electron chi connectivity index (χ0n) is 18.2. The van der Waals surface area contributed by atoms with E-state index in [2.05, 4.69) is 33.4 Å². The molecule has 1 aliphatic rings. The van der Waals surface area contributed by atoms with E-state index in [9.17, 15) is 4.79 Å². The Balaban J connectivity index is 1.22. The minimum Gasteiger partial charge on any atom is -0.492 e. The fourth-order valence-corrected chi connectivity index (χ4v) is 4.62.